The molecule has 1 aromatic carbocycles. The van der Waals surface area contributed by atoms with Gasteiger partial charge in [0, 0.05) is 4.47 Å². The van der Waals surface area contributed by atoms with E-state index in [1.807, 2.05) is 0 Å². The Morgan fingerprint density at radius 1 is 1.31 bits per heavy atom. The number of halogens is 3. The van der Waals surface area contributed by atoms with Crippen molar-refractivity contribution in [1.82, 2.24) is 15.0 Å². The SMILES string of the molecule is Cc1c(N)nnn1-c1c(Cl)cc(Br)cc1Cl. The summed E-state index contributed by atoms with van der Waals surface area (Å²) in [6.45, 7) is 1.80. The number of hydrogen-bond acceptors (Lipinski definition) is 3. The zero-order valence-corrected chi connectivity index (χ0v) is 11.3. The summed E-state index contributed by atoms with van der Waals surface area (Å²) in [6, 6.07) is 3.47. The maximum Gasteiger partial charge on any atom is 0.169 e. The second kappa shape index (κ2) is 4.24. The topological polar surface area (TPSA) is 56.7 Å². The van der Waals surface area contributed by atoms with Crippen LogP contribution in [-0.2, 0) is 0 Å². The van der Waals surface area contributed by atoms with E-state index in [1.165, 1.54) is 4.68 Å². The highest BCUT2D eigenvalue weighted by atomic mass is 79.9. The van der Waals surface area contributed by atoms with Crippen molar-refractivity contribution in [1.29, 1.82) is 0 Å². The summed E-state index contributed by atoms with van der Waals surface area (Å²) >= 11 is 15.5. The van der Waals surface area contributed by atoms with Crippen molar-refractivity contribution in [2.45, 2.75) is 6.92 Å². The third-order valence-corrected chi connectivity index (χ3v) is 3.16. The number of nitrogen functional groups attached to an aromatic ring is 1. The van der Waals surface area contributed by atoms with Gasteiger partial charge >= 0.3 is 0 Å². The molecule has 1 aromatic heterocycles. The van der Waals surface area contributed by atoms with Crippen LogP contribution in [0.5, 0.6) is 0 Å². The van der Waals surface area contributed by atoms with E-state index in [0.29, 0.717) is 27.2 Å². The van der Waals surface area contributed by atoms with E-state index in [4.69, 9.17) is 28.9 Å². The van der Waals surface area contributed by atoms with Crippen LogP contribution in [0.1, 0.15) is 5.69 Å². The summed E-state index contributed by atoms with van der Waals surface area (Å²) in [5.74, 6) is 0.357. The first-order valence-electron chi connectivity index (χ1n) is 4.33. The van der Waals surface area contributed by atoms with Gasteiger partial charge in [-0.2, -0.15) is 0 Å². The average molecular weight is 322 g/mol. The number of anilines is 1. The minimum absolute atomic E-state index is 0.357. The number of nitrogens with zero attached hydrogens (tertiary/aromatic N) is 3. The highest BCUT2D eigenvalue weighted by Gasteiger charge is 2.14. The Labute approximate surface area is 110 Å². The largest absolute Gasteiger partial charge is 0.381 e. The van der Waals surface area contributed by atoms with E-state index in [2.05, 4.69) is 26.2 Å². The van der Waals surface area contributed by atoms with E-state index >= 15 is 0 Å². The molecule has 0 saturated heterocycles. The summed E-state index contributed by atoms with van der Waals surface area (Å²) in [5.41, 5.74) is 6.90. The van der Waals surface area contributed by atoms with Crippen LogP contribution >= 0.6 is 39.1 Å². The van der Waals surface area contributed by atoms with Crippen molar-refractivity contribution < 1.29 is 0 Å². The normalized spacial score (nSPS) is 10.8. The first-order chi connectivity index (χ1) is 7.50. The highest BCUT2D eigenvalue weighted by molar-refractivity contribution is 9.10. The minimum atomic E-state index is 0.357. The van der Waals surface area contributed by atoms with E-state index in [0.717, 1.165) is 4.47 Å². The molecule has 4 nitrogen and oxygen atoms in total. The molecular weight excluding hydrogens is 315 g/mol. The Hall–Kier alpha value is -0.780. The number of rotatable bonds is 1. The maximum atomic E-state index is 6.11. The lowest BCUT2D eigenvalue weighted by molar-refractivity contribution is 0.785. The predicted molar refractivity (Wildman–Crippen MR) is 68.2 cm³/mol. The smallest absolute Gasteiger partial charge is 0.169 e. The molecular formula is C9H7BrCl2N4. The number of nitrogens with two attached hydrogens (primary N) is 1. The van der Waals surface area contributed by atoms with Crippen LogP contribution in [0.3, 0.4) is 0 Å². The number of hydrogen-bond donors (Lipinski definition) is 1. The Bertz CT molecular complexity index is 529. The van der Waals surface area contributed by atoms with Gasteiger partial charge in [0.05, 0.1) is 15.7 Å². The average Bonchev–Trinajstić information content (AvgIpc) is 2.48. The molecule has 84 valence electrons. The molecule has 0 bridgehead atoms. The molecule has 0 spiro atoms. The van der Waals surface area contributed by atoms with Gasteiger partial charge in [-0.15, -0.1) is 5.10 Å². The second-order valence-corrected chi connectivity index (χ2v) is 4.92. The number of aromatic nitrogens is 3. The first kappa shape index (κ1) is 11.7. The Morgan fingerprint density at radius 2 is 1.88 bits per heavy atom. The molecule has 0 atom stereocenters. The molecule has 0 aliphatic rings. The summed E-state index contributed by atoms with van der Waals surface area (Å²) in [5, 5.41) is 8.61. The van der Waals surface area contributed by atoms with Gasteiger partial charge in [-0.25, -0.2) is 4.68 Å². The maximum absolute atomic E-state index is 6.11. The van der Waals surface area contributed by atoms with Gasteiger partial charge in [-0.05, 0) is 19.1 Å². The molecule has 0 aliphatic heterocycles. The molecule has 16 heavy (non-hydrogen) atoms. The molecule has 0 aliphatic carbocycles. The minimum Gasteiger partial charge on any atom is -0.381 e. The van der Waals surface area contributed by atoms with Gasteiger partial charge in [0.1, 0.15) is 5.69 Å². The predicted octanol–water partition coefficient (Wildman–Crippen LogP) is 3.23. The van der Waals surface area contributed by atoms with Gasteiger partial charge in [0.15, 0.2) is 5.82 Å². The fourth-order valence-corrected chi connectivity index (χ4v) is 2.66. The van der Waals surface area contributed by atoms with Crippen molar-refractivity contribution >= 4 is 44.9 Å². The first-order valence-corrected chi connectivity index (χ1v) is 5.88. The van der Waals surface area contributed by atoms with Crippen LogP contribution in [-0.4, -0.2) is 15.0 Å². The zero-order chi connectivity index (χ0) is 11.9. The standard InChI is InChI=1S/C9H7BrCl2N4/c1-4-9(13)14-15-16(4)8-6(11)2-5(10)3-7(8)12/h2-3H,13H2,1H3. The molecule has 0 fully saturated rings. The van der Waals surface area contributed by atoms with Crippen LogP contribution in [0.4, 0.5) is 5.82 Å². The molecule has 2 rings (SSSR count). The van der Waals surface area contributed by atoms with Gasteiger partial charge in [0.2, 0.25) is 0 Å². The lowest BCUT2D eigenvalue weighted by Crippen LogP contribution is -2.01. The summed E-state index contributed by atoms with van der Waals surface area (Å²) in [7, 11) is 0. The summed E-state index contributed by atoms with van der Waals surface area (Å²) < 4.78 is 2.32. The third-order valence-electron chi connectivity index (χ3n) is 2.12. The van der Waals surface area contributed by atoms with Gasteiger partial charge in [0.25, 0.3) is 0 Å². The molecule has 7 heteroatoms. The van der Waals surface area contributed by atoms with Crippen LogP contribution in [0.15, 0.2) is 16.6 Å². The lowest BCUT2D eigenvalue weighted by Gasteiger charge is -2.08. The van der Waals surface area contributed by atoms with Crippen molar-refractivity contribution in [2.24, 2.45) is 0 Å². The highest BCUT2D eigenvalue weighted by Crippen LogP contribution is 2.32. The van der Waals surface area contributed by atoms with Crippen LogP contribution in [0.2, 0.25) is 10.0 Å². The summed E-state index contributed by atoms with van der Waals surface area (Å²) in [6.07, 6.45) is 0. The molecule has 2 aromatic rings. The van der Waals surface area contributed by atoms with Gasteiger partial charge in [-0.1, -0.05) is 44.3 Å². The molecule has 0 unspecified atom stereocenters. The number of benzene rings is 1. The van der Waals surface area contributed by atoms with Crippen molar-refractivity contribution in [2.75, 3.05) is 5.73 Å². The lowest BCUT2D eigenvalue weighted by atomic mass is 10.3. The Kier molecular flexibility index (Phi) is 3.10. The molecule has 2 N–H and O–H groups in total. The summed E-state index contributed by atoms with van der Waals surface area (Å²) in [4.78, 5) is 0. The van der Waals surface area contributed by atoms with E-state index in [1.54, 1.807) is 19.1 Å². The third kappa shape index (κ3) is 1.90. The fraction of sp³-hybridized carbons (Fsp3) is 0.111. The van der Waals surface area contributed by atoms with E-state index in [9.17, 15) is 0 Å². The Morgan fingerprint density at radius 3 is 2.31 bits per heavy atom. The van der Waals surface area contributed by atoms with Gasteiger partial charge < -0.3 is 5.73 Å². The van der Waals surface area contributed by atoms with Crippen LogP contribution in [0.25, 0.3) is 5.69 Å². The second-order valence-electron chi connectivity index (χ2n) is 3.19. The van der Waals surface area contributed by atoms with Crippen molar-refractivity contribution in [3.8, 4) is 5.69 Å². The van der Waals surface area contributed by atoms with E-state index < -0.39 is 0 Å². The van der Waals surface area contributed by atoms with E-state index in [-0.39, 0.29) is 0 Å². The zero-order valence-electron chi connectivity index (χ0n) is 8.21. The monoisotopic (exact) mass is 320 g/mol. The van der Waals surface area contributed by atoms with Gasteiger partial charge in [-0.3, -0.25) is 0 Å². The molecule has 0 amide bonds. The Balaban J connectivity index is 2.69. The van der Waals surface area contributed by atoms with Crippen LogP contribution in [0, 0.1) is 6.92 Å². The molecule has 0 radical (unpaired) electrons. The fourth-order valence-electron chi connectivity index (χ4n) is 1.29. The quantitative estimate of drug-likeness (QED) is 0.877. The molecule has 0 saturated carbocycles. The van der Waals surface area contributed by atoms with Crippen LogP contribution < -0.4 is 5.73 Å². The molecule has 1 heterocycles. The van der Waals surface area contributed by atoms with Crippen molar-refractivity contribution in [3.63, 3.8) is 0 Å². The van der Waals surface area contributed by atoms with Crippen molar-refractivity contribution in [3.05, 3.63) is 32.3 Å².